The maximum absolute atomic E-state index is 5.59. The van der Waals surface area contributed by atoms with Gasteiger partial charge in [-0.25, -0.2) is 0 Å². The Hall–Kier alpha value is -0.240. The van der Waals surface area contributed by atoms with Crippen molar-refractivity contribution < 1.29 is 28.4 Å². The van der Waals surface area contributed by atoms with Crippen LogP contribution in [0, 0.1) is 0 Å². The molecule has 0 spiro atoms. The molecular weight excluding hydrogens is 204 g/mol. The molecule has 0 aromatic rings. The molecule has 3 atom stereocenters. The summed E-state index contributed by atoms with van der Waals surface area (Å²) in [4.78, 5) is 0. The molecule has 0 aromatic carbocycles. The van der Waals surface area contributed by atoms with Crippen molar-refractivity contribution in [2.75, 3.05) is 19.8 Å². The topological polar surface area (TPSA) is 65.3 Å². The van der Waals surface area contributed by atoms with Crippen LogP contribution in [0.3, 0.4) is 0 Å². The van der Waals surface area contributed by atoms with Gasteiger partial charge in [0.2, 0.25) is 0 Å². The Balaban J connectivity index is 1.46. The Morgan fingerprint density at radius 3 is 1.00 bits per heavy atom. The van der Waals surface area contributed by atoms with Crippen molar-refractivity contribution >= 4 is 0 Å². The number of hydrogen-bond donors (Lipinski definition) is 0. The molecule has 6 nitrogen and oxygen atoms in total. The lowest BCUT2D eigenvalue weighted by atomic mass is 10.3. The van der Waals surface area contributed by atoms with Gasteiger partial charge >= 0.3 is 0 Å². The van der Waals surface area contributed by atoms with Crippen LogP contribution in [0.5, 0.6) is 0 Å². The second kappa shape index (κ2) is 3.13. The quantitative estimate of drug-likeness (QED) is 0.577. The highest BCUT2D eigenvalue weighted by atomic mass is 16.9. The first-order valence-electron chi connectivity index (χ1n) is 5.21. The van der Waals surface area contributed by atoms with Crippen molar-refractivity contribution in [1.82, 2.24) is 0 Å². The molecule has 0 N–H and O–H groups in total. The van der Waals surface area contributed by atoms with E-state index < -0.39 is 0 Å². The van der Waals surface area contributed by atoms with E-state index in [-0.39, 0.29) is 37.2 Å². The Morgan fingerprint density at radius 1 is 0.533 bits per heavy atom. The minimum Gasteiger partial charge on any atom is -0.368 e. The maximum Gasteiger partial charge on any atom is 0.192 e. The van der Waals surface area contributed by atoms with E-state index in [2.05, 4.69) is 0 Å². The standard InChI is InChI=1S/C9H12O6/c1-4(10-1)7-13-8(5-2-11-5)15-9(14-7)6-3-12-6/h4-9H,1-3H2. The number of epoxide rings is 3. The largest absolute Gasteiger partial charge is 0.368 e. The predicted molar refractivity (Wildman–Crippen MR) is 43.8 cm³/mol. The lowest BCUT2D eigenvalue weighted by molar-refractivity contribution is -0.391. The van der Waals surface area contributed by atoms with Gasteiger partial charge in [0, 0.05) is 0 Å². The third kappa shape index (κ3) is 1.77. The van der Waals surface area contributed by atoms with E-state index in [0.29, 0.717) is 19.8 Å². The van der Waals surface area contributed by atoms with Gasteiger partial charge in [-0.05, 0) is 0 Å². The summed E-state index contributed by atoms with van der Waals surface area (Å²) in [6, 6.07) is 0. The second-order valence-corrected chi connectivity index (χ2v) is 4.13. The third-order valence-corrected chi connectivity index (χ3v) is 2.79. The van der Waals surface area contributed by atoms with Gasteiger partial charge < -0.3 is 28.4 Å². The molecule has 0 aliphatic carbocycles. The molecule has 0 saturated carbocycles. The highest BCUT2D eigenvalue weighted by Gasteiger charge is 2.51. The van der Waals surface area contributed by atoms with Gasteiger partial charge in [0.25, 0.3) is 0 Å². The van der Waals surface area contributed by atoms with E-state index in [4.69, 9.17) is 28.4 Å². The molecule has 84 valence electrons. The first-order chi connectivity index (χ1) is 7.40. The molecule has 0 radical (unpaired) electrons. The summed E-state index contributed by atoms with van der Waals surface area (Å²) in [5, 5.41) is 0. The summed E-state index contributed by atoms with van der Waals surface area (Å²) in [6.07, 6.45) is -0.837. The summed E-state index contributed by atoms with van der Waals surface area (Å²) in [5.74, 6) is 0. The number of ether oxygens (including phenoxy) is 6. The Morgan fingerprint density at radius 2 is 0.800 bits per heavy atom. The van der Waals surface area contributed by atoms with E-state index in [1.54, 1.807) is 0 Å². The molecule has 4 saturated heterocycles. The van der Waals surface area contributed by atoms with Crippen molar-refractivity contribution in [2.45, 2.75) is 37.2 Å². The number of rotatable bonds is 3. The molecule has 15 heavy (non-hydrogen) atoms. The molecule has 4 aliphatic heterocycles. The van der Waals surface area contributed by atoms with E-state index in [1.807, 2.05) is 0 Å². The number of hydrogen-bond acceptors (Lipinski definition) is 6. The zero-order chi connectivity index (χ0) is 9.83. The highest BCUT2D eigenvalue weighted by Crippen LogP contribution is 2.34. The van der Waals surface area contributed by atoms with E-state index in [9.17, 15) is 0 Å². The van der Waals surface area contributed by atoms with Crippen molar-refractivity contribution in [1.29, 1.82) is 0 Å². The van der Waals surface area contributed by atoms with Crippen molar-refractivity contribution in [3.05, 3.63) is 0 Å². The molecule has 4 fully saturated rings. The summed E-state index contributed by atoms with van der Waals surface area (Å²) in [7, 11) is 0. The van der Waals surface area contributed by atoms with Crippen molar-refractivity contribution in [2.24, 2.45) is 0 Å². The van der Waals surface area contributed by atoms with Crippen LogP contribution in [0.25, 0.3) is 0 Å². The summed E-state index contributed by atoms with van der Waals surface area (Å²) < 4.78 is 32.3. The molecule has 4 rings (SSSR count). The van der Waals surface area contributed by atoms with Crippen LogP contribution in [0.4, 0.5) is 0 Å². The molecule has 4 heterocycles. The molecule has 0 bridgehead atoms. The minimum atomic E-state index is -0.331. The van der Waals surface area contributed by atoms with Gasteiger partial charge in [-0.1, -0.05) is 0 Å². The van der Waals surface area contributed by atoms with E-state index in [0.717, 1.165) is 0 Å². The first-order valence-corrected chi connectivity index (χ1v) is 5.21. The van der Waals surface area contributed by atoms with Crippen LogP contribution >= 0.6 is 0 Å². The molecule has 4 aliphatic rings. The molecular formula is C9H12O6. The van der Waals surface area contributed by atoms with Gasteiger partial charge in [0.05, 0.1) is 19.8 Å². The average Bonchev–Trinajstić information content (AvgIpc) is 3.20. The van der Waals surface area contributed by atoms with Gasteiger partial charge in [-0.15, -0.1) is 0 Å². The monoisotopic (exact) mass is 216 g/mol. The molecule has 0 aromatic heterocycles. The Kier molecular flexibility index (Phi) is 1.85. The minimum absolute atomic E-state index is 0.0522. The summed E-state index contributed by atoms with van der Waals surface area (Å²) >= 11 is 0. The fraction of sp³-hybridized carbons (Fsp3) is 1.00. The smallest absolute Gasteiger partial charge is 0.192 e. The fourth-order valence-corrected chi connectivity index (χ4v) is 1.66. The Bertz CT molecular complexity index is 211. The van der Waals surface area contributed by atoms with Crippen LogP contribution in [0.1, 0.15) is 0 Å². The van der Waals surface area contributed by atoms with Crippen LogP contribution in [0.15, 0.2) is 0 Å². The maximum atomic E-state index is 5.59. The molecule has 0 amide bonds. The summed E-state index contributed by atoms with van der Waals surface area (Å²) in [6.45, 7) is 2.09. The SMILES string of the molecule is C1OC1C1OC(C2CO2)OC(C2CO2)O1. The lowest BCUT2D eigenvalue weighted by Gasteiger charge is -2.33. The second-order valence-electron chi connectivity index (χ2n) is 4.13. The zero-order valence-electron chi connectivity index (χ0n) is 8.03. The van der Waals surface area contributed by atoms with Crippen LogP contribution in [0.2, 0.25) is 0 Å². The predicted octanol–water partition coefficient (Wildman–Crippen LogP) is -0.775. The highest BCUT2D eigenvalue weighted by molar-refractivity contribution is 4.85. The fourth-order valence-electron chi connectivity index (χ4n) is 1.66. The normalized spacial score (nSPS) is 57.6. The lowest BCUT2D eigenvalue weighted by Crippen LogP contribution is -2.47. The van der Waals surface area contributed by atoms with Gasteiger partial charge in [-0.2, -0.15) is 0 Å². The van der Waals surface area contributed by atoms with Crippen molar-refractivity contribution in [3.8, 4) is 0 Å². The van der Waals surface area contributed by atoms with Crippen LogP contribution in [-0.2, 0) is 28.4 Å². The molecule has 6 heteroatoms. The van der Waals surface area contributed by atoms with Gasteiger partial charge in [0.15, 0.2) is 18.9 Å². The van der Waals surface area contributed by atoms with Gasteiger partial charge in [-0.3, -0.25) is 0 Å². The third-order valence-electron chi connectivity index (χ3n) is 2.79. The Labute approximate surface area is 86.3 Å². The first kappa shape index (κ1) is 8.86. The van der Waals surface area contributed by atoms with Crippen LogP contribution in [-0.4, -0.2) is 57.0 Å². The average molecular weight is 216 g/mol. The van der Waals surface area contributed by atoms with Gasteiger partial charge in [0.1, 0.15) is 18.3 Å². The molecule has 3 unspecified atom stereocenters. The van der Waals surface area contributed by atoms with Crippen molar-refractivity contribution in [3.63, 3.8) is 0 Å². The van der Waals surface area contributed by atoms with E-state index >= 15 is 0 Å². The van der Waals surface area contributed by atoms with E-state index in [1.165, 1.54) is 0 Å². The summed E-state index contributed by atoms with van der Waals surface area (Å²) in [5.41, 5.74) is 0. The zero-order valence-corrected chi connectivity index (χ0v) is 8.03. The van der Waals surface area contributed by atoms with Crippen LogP contribution < -0.4 is 0 Å².